The molecule has 1 aliphatic heterocycles. The highest BCUT2D eigenvalue weighted by atomic mass is 16.2. The van der Waals surface area contributed by atoms with Crippen LogP contribution in [0.2, 0.25) is 0 Å². The molecule has 1 aliphatic rings. The Morgan fingerprint density at radius 3 is 2.76 bits per heavy atom. The fraction of sp³-hybridized carbons (Fsp3) is 0.350. The standard InChI is InChI=1S/C20H22N4O/c25-20(13-16-4-3-9-21-14-16)24-10-7-15(8-11-24)12-19-22-17-5-1-2-6-18(17)23-19/h1-6,9,14-15H,7-8,10-13H2,(H,22,23). The number of hydrogen-bond acceptors (Lipinski definition) is 3. The van der Waals surface area contributed by atoms with Crippen molar-refractivity contribution in [1.82, 2.24) is 19.9 Å². The van der Waals surface area contributed by atoms with Gasteiger partial charge in [-0.2, -0.15) is 0 Å². The maximum absolute atomic E-state index is 12.4. The van der Waals surface area contributed by atoms with E-state index in [-0.39, 0.29) is 5.91 Å². The van der Waals surface area contributed by atoms with Gasteiger partial charge in [-0.05, 0) is 42.5 Å². The number of likely N-dealkylation sites (tertiary alicyclic amines) is 1. The van der Waals surface area contributed by atoms with Gasteiger partial charge in [0, 0.05) is 31.9 Å². The monoisotopic (exact) mass is 334 g/mol. The van der Waals surface area contributed by atoms with Crippen LogP contribution in [0.25, 0.3) is 11.0 Å². The molecule has 3 aromatic rings. The summed E-state index contributed by atoms with van der Waals surface area (Å²) < 4.78 is 0. The van der Waals surface area contributed by atoms with Crippen LogP contribution in [-0.2, 0) is 17.6 Å². The molecule has 0 atom stereocenters. The lowest BCUT2D eigenvalue weighted by Gasteiger charge is -2.31. The van der Waals surface area contributed by atoms with Crippen molar-refractivity contribution in [2.24, 2.45) is 5.92 Å². The van der Waals surface area contributed by atoms with Gasteiger partial charge >= 0.3 is 0 Å². The van der Waals surface area contributed by atoms with Crippen LogP contribution in [-0.4, -0.2) is 38.8 Å². The molecule has 0 saturated carbocycles. The largest absolute Gasteiger partial charge is 0.342 e. The van der Waals surface area contributed by atoms with Gasteiger partial charge in [0.25, 0.3) is 0 Å². The molecule has 0 aliphatic carbocycles. The van der Waals surface area contributed by atoms with E-state index in [0.29, 0.717) is 12.3 Å². The van der Waals surface area contributed by atoms with Crippen molar-refractivity contribution in [3.8, 4) is 0 Å². The molecule has 25 heavy (non-hydrogen) atoms. The van der Waals surface area contributed by atoms with E-state index in [1.807, 2.05) is 35.2 Å². The number of carbonyl (C=O) groups is 1. The lowest BCUT2D eigenvalue weighted by atomic mass is 9.93. The third kappa shape index (κ3) is 3.71. The molecule has 0 radical (unpaired) electrons. The van der Waals surface area contributed by atoms with Crippen molar-refractivity contribution in [3.05, 3.63) is 60.2 Å². The summed E-state index contributed by atoms with van der Waals surface area (Å²) in [7, 11) is 0. The van der Waals surface area contributed by atoms with E-state index in [4.69, 9.17) is 0 Å². The van der Waals surface area contributed by atoms with E-state index in [0.717, 1.165) is 54.8 Å². The van der Waals surface area contributed by atoms with Crippen LogP contribution in [0, 0.1) is 5.92 Å². The van der Waals surface area contributed by atoms with E-state index in [2.05, 4.69) is 21.0 Å². The second-order valence-corrected chi connectivity index (χ2v) is 6.77. The van der Waals surface area contributed by atoms with Gasteiger partial charge in [0.1, 0.15) is 5.82 Å². The predicted octanol–water partition coefficient (Wildman–Crippen LogP) is 2.98. The van der Waals surface area contributed by atoms with E-state index in [1.54, 1.807) is 12.4 Å². The first-order valence-corrected chi connectivity index (χ1v) is 8.88. The number of carbonyl (C=O) groups excluding carboxylic acids is 1. The maximum Gasteiger partial charge on any atom is 0.227 e. The van der Waals surface area contributed by atoms with Gasteiger partial charge in [-0.15, -0.1) is 0 Å². The molecule has 1 aromatic carbocycles. The third-order valence-electron chi connectivity index (χ3n) is 4.97. The number of rotatable bonds is 4. The van der Waals surface area contributed by atoms with Gasteiger partial charge in [-0.1, -0.05) is 18.2 Å². The van der Waals surface area contributed by atoms with Gasteiger partial charge in [-0.25, -0.2) is 4.98 Å². The van der Waals surface area contributed by atoms with E-state index >= 15 is 0 Å². The highest BCUT2D eigenvalue weighted by molar-refractivity contribution is 5.78. The molecule has 1 fully saturated rings. The van der Waals surface area contributed by atoms with Gasteiger partial charge in [0.05, 0.1) is 17.5 Å². The van der Waals surface area contributed by atoms with E-state index in [1.165, 1.54) is 0 Å². The molecule has 4 rings (SSSR count). The number of aromatic nitrogens is 3. The maximum atomic E-state index is 12.4. The number of piperidine rings is 1. The molecule has 3 heterocycles. The second kappa shape index (κ2) is 7.05. The Balaban J connectivity index is 1.31. The number of H-pyrrole nitrogens is 1. The summed E-state index contributed by atoms with van der Waals surface area (Å²) in [5.41, 5.74) is 3.11. The van der Waals surface area contributed by atoms with Gasteiger partial charge < -0.3 is 9.88 Å². The lowest BCUT2D eigenvalue weighted by Crippen LogP contribution is -2.39. The SMILES string of the molecule is O=C(Cc1cccnc1)N1CCC(Cc2nc3ccccc3[nH]2)CC1. The molecule has 0 spiro atoms. The zero-order valence-electron chi connectivity index (χ0n) is 14.2. The molecule has 1 N–H and O–H groups in total. The van der Waals surface area contributed by atoms with Crippen molar-refractivity contribution in [2.75, 3.05) is 13.1 Å². The number of hydrogen-bond donors (Lipinski definition) is 1. The van der Waals surface area contributed by atoms with Crippen molar-refractivity contribution < 1.29 is 4.79 Å². The van der Waals surface area contributed by atoms with Crippen LogP contribution in [0.1, 0.15) is 24.2 Å². The lowest BCUT2D eigenvalue weighted by molar-refractivity contribution is -0.131. The molecule has 5 nitrogen and oxygen atoms in total. The minimum Gasteiger partial charge on any atom is -0.342 e. The second-order valence-electron chi connectivity index (χ2n) is 6.77. The topological polar surface area (TPSA) is 61.9 Å². The van der Waals surface area contributed by atoms with Crippen LogP contribution in [0.15, 0.2) is 48.8 Å². The minimum atomic E-state index is 0.204. The van der Waals surface area contributed by atoms with E-state index in [9.17, 15) is 4.79 Å². The van der Waals surface area contributed by atoms with Crippen LogP contribution in [0.4, 0.5) is 0 Å². The van der Waals surface area contributed by atoms with Crippen LogP contribution < -0.4 is 0 Å². The summed E-state index contributed by atoms with van der Waals surface area (Å²) in [6.45, 7) is 1.67. The van der Waals surface area contributed by atoms with Crippen LogP contribution in [0.3, 0.4) is 0 Å². The molecule has 1 saturated heterocycles. The van der Waals surface area contributed by atoms with Gasteiger partial charge in [0.15, 0.2) is 0 Å². The van der Waals surface area contributed by atoms with E-state index < -0.39 is 0 Å². The number of benzene rings is 1. The molecule has 128 valence electrons. The van der Waals surface area contributed by atoms with Crippen molar-refractivity contribution in [3.63, 3.8) is 0 Å². The van der Waals surface area contributed by atoms with Gasteiger partial charge in [0.2, 0.25) is 5.91 Å². The van der Waals surface area contributed by atoms with Crippen molar-refractivity contribution >= 4 is 16.9 Å². The Labute approximate surface area is 147 Å². The predicted molar refractivity (Wildman–Crippen MR) is 97.0 cm³/mol. The summed E-state index contributed by atoms with van der Waals surface area (Å²) in [6, 6.07) is 12.0. The molecule has 0 bridgehead atoms. The Morgan fingerprint density at radius 2 is 2.00 bits per heavy atom. The Bertz CT molecular complexity index is 817. The molecule has 2 aromatic heterocycles. The fourth-order valence-electron chi connectivity index (χ4n) is 3.55. The highest BCUT2D eigenvalue weighted by Crippen LogP contribution is 2.22. The molecule has 0 unspecified atom stereocenters. The molecule has 5 heteroatoms. The first-order valence-electron chi connectivity index (χ1n) is 8.88. The van der Waals surface area contributed by atoms with Crippen molar-refractivity contribution in [1.29, 1.82) is 0 Å². The molecular formula is C20H22N4O. The summed E-state index contributed by atoms with van der Waals surface area (Å²) >= 11 is 0. The zero-order chi connectivity index (χ0) is 17.1. The Kier molecular flexibility index (Phi) is 4.46. The summed E-state index contributed by atoms with van der Waals surface area (Å²) in [4.78, 5) is 26.6. The first kappa shape index (κ1) is 15.8. The van der Waals surface area contributed by atoms with Crippen LogP contribution >= 0.6 is 0 Å². The number of imidazole rings is 1. The molecule has 1 amide bonds. The minimum absolute atomic E-state index is 0.204. The number of pyridine rings is 1. The number of amides is 1. The Morgan fingerprint density at radius 1 is 1.16 bits per heavy atom. The zero-order valence-corrected chi connectivity index (χ0v) is 14.2. The smallest absolute Gasteiger partial charge is 0.227 e. The molecular weight excluding hydrogens is 312 g/mol. The Hall–Kier alpha value is -2.69. The first-order chi connectivity index (χ1) is 12.3. The number of nitrogens with one attached hydrogen (secondary N) is 1. The number of aromatic amines is 1. The normalized spacial score (nSPS) is 15.6. The fourth-order valence-corrected chi connectivity index (χ4v) is 3.55. The average Bonchev–Trinajstić information content (AvgIpc) is 3.05. The number of fused-ring (bicyclic) bond motifs is 1. The average molecular weight is 334 g/mol. The highest BCUT2D eigenvalue weighted by Gasteiger charge is 2.23. The number of para-hydroxylation sites is 2. The summed E-state index contributed by atoms with van der Waals surface area (Å²) in [5, 5.41) is 0. The third-order valence-corrected chi connectivity index (χ3v) is 4.97. The number of nitrogens with zero attached hydrogens (tertiary/aromatic N) is 3. The quantitative estimate of drug-likeness (QED) is 0.798. The summed E-state index contributed by atoms with van der Waals surface area (Å²) in [6.07, 6.45) is 6.98. The van der Waals surface area contributed by atoms with Gasteiger partial charge in [-0.3, -0.25) is 9.78 Å². The van der Waals surface area contributed by atoms with Crippen LogP contribution in [0.5, 0.6) is 0 Å². The summed E-state index contributed by atoms with van der Waals surface area (Å²) in [5.74, 6) is 1.85. The van der Waals surface area contributed by atoms with Crippen molar-refractivity contribution in [2.45, 2.75) is 25.7 Å².